The lowest BCUT2D eigenvalue weighted by Gasteiger charge is -2.25. The molecular formula is C17H28N2O3. The summed E-state index contributed by atoms with van der Waals surface area (Å²) in [5.41, 5.74) is 1.35. The van der Waals surface area contributed by atoms with Crippen LogP contribution in [0.1, 0.15) is 31.4 Å². The summed E-state index contributed by atoms with van der Waals surface area (Å²) >= 11 is 0. The Morgan fingerprint density at radius 2 is 1.91 bits per heavy atom. The maximum atomic E-state index is 11.8. The highest BCUT2D eigenvalue weighted by Crippen LogP contribution is 2.22. The molecule has 0 unspecified atom stereocenters. The number of likely N-dealkylation sites (N-methyl/N-ethyl adjacent to an activating group) is 1. The summed E-state index contributed by atoms with van der Waals surface area (Å²) in [6, 6.07) is 5.87. The number of nitrogens with one attached hydrogen (secondary N) is 1. The first kappa shape index (κ1) is 18.3. The highest BCUT2D eigenvalue weighted by atomic mass is 16.5. The molecule has 0 aliphatic rings. The molecule has 5 heteroatoms. The molecular weight excluding hydrogens is 280 g/mol. The van der Waals surface area contributed by atoms with Crippen molar-refractivity contribution in [2.75, 3.05) is 26.7 Å². The molecule has 2 amide bonds. The molecule has 1 aromatic carbocycles. The van der Waals surface area contributed by atoms with Gasteiger partial charge < -0.3 is 20.1 Å². The van der Waals surface area contributed by atoms with Gasteiger partial charge in [-0.1, -0.05) is 18.2 Å². The molecule has 0 saturated heterocycles. The van der Waals surface area contributed by atoms with Gasteiger partial charge in [-0.25, -0.2) is 4.79 Å². The Morgan fingerprint density at radius 1 is 1.32 bits per heavy atom. The van der Waals surface area contributed by atoms with Crippen LogP contribution in [0, 0.1) is 13.8 Å². The Labute approximate surface area is 133 Å². The van der Waals surface area contributed by atoms with Crippen molar-refractivity contribution in [3.05, 3.63) is 29.3 Å². The normalized spacial score (nSPS) is 11.2. The molecule has 0 aliphatic carbocycles. The Kier molecular flexibility index (Phi) is 6.68. The van der Waals surface area contributed by atoms with Crippen molar-refractivity contribution in [3.8, 4) is 5.75 Å². The van der Waals surface area contributed by atoms with Crippen LogP contribution in [0.25, 0.3) is 0 Å². The average molecular weight is 308 g/mol. The number of urea groups is 1. The number of carbonyl (C=O) groups excluding carboxylic acids is 1. The van der Waals surface area contributed by atoms with Crippen molar-refractivity contribution in [1.82, 2.24) is 10.2 Å². The molecule has 2 N–H and O–H groups in total. The van der Waals surface area contributed by atoms with E-state index in [1.165, 1.54) is 4.90 Å². The van der Waals surface area contributed by atoms with Crippen LogP contribution < -0.4 is 10.1 Å². The van der Waals surface area contributed by atoms with Gasteiger partial charge in [0.2, 0.25) is 0 Å². The fourth-order valence-electron chi connectivity index (χ4n) is 2.26. The third kappa shape index (κ3) is 6.35. The standard InChI is InChI=1S/C17H28N2O3/c1-13-8-6-9-14(2)15(13)22-11-7-10-18-16(20)19(5)12-17(3,4)21/h6,8-9,21H,7,10-12H2,1-5H3,(H,18,20). The van der Waals surface area contributed by atoms with Crippen LogP contribution in [-0.2, 0) is 0 Å². The van der Waals surface area contributed by atoms with Gasteiger partial charge in [0.25, 0.3) is 0 Å². The van der Waals surface area contributed by atoms with Crippen molar-refractivity contribution < 1.29 is 14.6 Å². The predicted molar refractivity (Wildman–Crippen MR) is 88.4 cm³/mol. The molecule has 124 valence electrons. The molecule has 5 nitrogen and oxygen atoms in total. The first-order valence-corrected chi connectivity index (χ1v) is 7.61. The van der Waals surface area contributed by atoms with E-state index in [0.717, 1.165) is 23.3 Å². The topological polar surface area (TPSA) is 61.8 Å². The molecule has 0 fully saturated rings. The third-order valence-corrected chi connectivity index (χ3v) is 3.22. The summed E-state index contributed by atoms with van der Waals surface area (Å²) < 4.78 is 5.79. The molecule has 0 radical (unpaired) electrons. The van der Waals surface area contributed by atoms with E-state index in [4.69, 9.17) is 4.74 Å². The second-order valence-corrected chi connectivity index (χ2v) is 6.32. The molecule has 0 bridgehead atoms. The quantitative estimate of drug-likeness (QED) is 0.761. The summed E-state index contributed by atoms with van der Waals surface area (Å²) in [5.74, 6) is 0.924. The van der Waals surface area contributed by atoms with E-state index in [0.29, 0.717) is 13.2 Å². The SMILES string of the molecule is Cc1cccc(C)c1OCCCNC(=O)N(C)CC(C)(C)O. The first-order valence-electron chi connectivity index (χ1n) is 7.61. The Hall–Kier alpha value is -1.75. The van der Waals surface area contributed by atoms with Crippen LogP contribution in [-0.4, -0.2) is 48.4 Å². The largest absolute Gasteiger partial charge is 0.493 e. The van der Waals surface area contributed by atoms with Gasteiger partial charge in [-0.2, -0.15) is 0 Å². The number of para-hydroxylation sites is 1. The zero-order valence-corrected chi connectivity index (χ0v) is 14.3. The van der Waals surface area contributed by atoms with Gasteiger partial charge in [-0.05, 0) is 45.2 Å². The van der Waals surface area contributed by atoms with Crippen molar-refractivity contribution in [2.24, 2.45) is 0 Å². The number of ether oxygens (including phenoxy) is 1. The Bertz CT molecular complexity index is 475. The molecule has 0 saturated carbocycles. The number of aryl methyl sites for hydroxylation is 2. The maximum absolute atomic E-state index is 11.8. The number of nitrogens with zero attached hydrogens (tertiary/aromatic N) is 1. The van der Waals surface area contributed by atoms with E-state index < -0.39 is 5.60 Å². The van der Waals surface area contributed by atoms with Gasteiger partial charge in [0.05, 0.1) is 18.8 Å². The highest BCUT2D eigenvalue weighted by Gasteiger charge is 2.18. The molecule has 0 spiro atoms. The minimum atomic E-state index is -0.891. The molecule has 0 heterocycles. The van der Waals surface area contributed by atoms with E-state index in [1.54, 1.807) is 20.9 Å². The highest BCUT2D eigenvalue weighted by molar-refractivity contribution is 5.73. The maximum Gasteiger partial charge on any atom is 0.317 e. The van der Waals surface area contributed by atoms with E-state index in [2.05, 4.69) is 5.32 Å². The van der Waals surface area contributed by atoms with E-state index in [9.17, 15) is 9.90 Å². The van der Waals surface area contributed by atoms with Crippen LogP contribution in [0.2, 0.25) is 0 Å². The Morgan fingerprint density at radius 3 is 2.45 bits per heavy atom. The summed E-state index contributed by atoms with van der Waals surface area (Å²) in [4.78, 5) is 13.3. The molecule has 0 aromatic heterocycles. The van der Waals surface area contributed by atoms with Crippen molar-refractivity contribution >= 4 is 6.03 Å². The number of hydrogen-bond acceptors (Lipinski definition) is 3. The number of carbonyl (C=O) groups is 1. The van der Waals surface area contributed by atoms with Gasteiger partial charge in [0.15, 0.2) is 0 Å². The number of benzene rings is 1. The molecule has 1 rings (SSSR count). The van der Waals surface area contributed by atoms with Crippen molar-refractivity contribution in [2.45, 2.75) is 39.7 Å². The lowest BCUT2D eigenvalue weighted by molar-refractivity contribution is 0.0532. The van der Waals surface area contributed by atoms with Gasteiger partial charge in [0, 0.05) is 13.6 Å². The predicted octanol–water partition coefficient (Wildman–Crippen LogP) is 2.48. The zero-order valence-electron chi connectivity index (χ0n) is 14.3. The first-order chi connectivity index (χ1) is 10.2. The second kappa shape index (κ2) is 8.03. The van der Waals surface area contributed by atoms with E-state index >= 15 is 0 Å². The average Bonchev–Trinajstić information content (AvgIpc) is 2.39. The van der Waals surface area contributed by atoms with Gasteiger partial charge in [-0.15, -0.1) is 0 Å². The minimum absolute atomic E-state index is 0.186. The van der Waals surface area contributed by atoms with Gasteiger partial charge in [0.1, 0.15) is 5.75 Å². The van der Waals surface area contributed by atoms with Crippen molar-refractivity contribution in [3.63, 3.8) is 0 Å². The van der Waals surface area contributed by atoms with Crippen LogP contribution >= 0.6 is 0 Å². The molecule has 0 aliphatic heterocycles. The fraction of sp³-hybridized carbons (Fsp3) is 0.588. The minimum Gasteiger partial charge on any atom is -0.493 e. The van der Waals surface area contributed by atoms with Gasteiger partial charge >= 0.3 is 6.03 Å². The molecule has 1 aromatic rings. The van der Waals surface area contributed by atoms with E-state index in [1.807, 2.05) is 32.0 Å². The summed E-state index contributed by atoms with van der Waals surface area (Å²) in [6.07, 6.45) is 0.732. The third-order valence-electron chi connectivity index (χ3n) is 3.22. The second-order valence-electron chi connectivity index (χ2n) is 6.32. The summed E-state index contributed by atoms with van der Waals surface area (Å²) in [6.45, 7) is 8.79. The summed E-state index contributed by atoms with van der Waals surface area (Å²) in [7, 11) is 1.67. The zero-order chi connectivity index (χ0) is 16.8. The van der Waals surface area contributed by atoms with Crippen LogP contribution in [0.3, 0.4) is 0 Å². The number of aliphatic hydroxyl groups is 1. The number of rotatable bonds is 7. The number of amides is 2. The van der Waals surface area contributed by atoms with Crippen LogP contribution in [0.4, 0.5) is 4.79 Å². The van der Waals surface area contributed by atoms with Crippen LogP contribution in [0.15, 0.2) is 18.2 Å². The smallest absolute Gasteiger partial charge is 0.317 e. The summed E-state index contributed by atoms with van der Waals surface area (Å²) in [5, 5.41) is 12.5. The monoisotopic (exact) mass is 308 g/mol. The lowest BCUT2D eigenvalue weighted by atomic mass is 10.1. The van der Waals surface area contributed by atoms with Gasteiger partial charge in [-0.3, -0.25) is 0 Å². The fourth-order valence-corrected chi connectivity index (χ4v) is 2.26. The van der Waals surface area contributed by atoms with Crippen LogP contribution in [0.5, 0.6) is 5.75 Å². The molecule has 0 atom stereocenters. The van der Waals surface area contributed by atoms with E-state index in [-0.39, 0.29) is 12.6 Å². The lowest BCUT2D eigenvalue weighted by Crippen LogP contribution is -2.45. The van der Waals surface area contributed by atoms with Crippen molar-refractivity contribution in [1.29, 1.82) is 0 Å². The number of hydrogen-bond donors (Lipinski definition) is 2. The Balaban J connectivity index is 2.27. The molecule has 22 heavy (non-hydrogen) atoms.